The predicted molar refractivity (Wildman–Crippen MR) is 151 cm³/mol. The SMILES string of the molecule is CC(C)C(NC(=O)CNC(=O)C(Cc1c[nH]c2ccccc12)NC(=O)C(N)Cc1c[nH]c2ccccc12)C(=O)O. The molecule has 0 saturated carbocycles. The highest BCUT2D eigenvalue weighted by Crippen LogP contribution is 2.20. The molecule has 11 heteroatoms. The summed E-state index contributed by atoms with van der Waals surface area (Å²) in [4.78, 5) is 56.5. The van der Waals surface area contributed by atoms with E-state index in [9.17, 15) is 24.3 Å². The molecule has 3 amide bonds. The Morgan fingerprint density at radius 2 is 1.38 bits per heavy atom. The Bertz CT molecular complexity index is 1520. The third kappa shape index (κ3) is 6.67. The maximum atomic E-state index is 13.2. The van der Waals surface area contributed by atoms with Gasteiger partial charge in [0.2, 0.25) is 17.7 Å². The number of amides is 3. The summed E-state index contributed by atoms with van der Waals surface area (Å²) < 4.78 is 0. The third-order valence-corrected chi connectivity index (χ3v) is 6.86. The molecule has 2 heterocycles. The summed E-state index contributed by atoms with van der Waals surface area (Å²) in [5, 5.41) is 18.9. The van der Waals surface area contributed by atoms with E-state index < -0.39 is 48.4 Å². The van der Waals surface area contributed by atoms with Crippen molar-refractivity contribution in [3.8, 4) is 0 Å². The molecule has 2 aromatic carbocycles. The minimum Gasteiger partial charge on any atom is -0.480 e. The number of hydrogen-bond donors (Lipinski definition) is 7. The monoisotopic (exact) mass is 546 g/mol. The molecule has 0 fully saturated rings. The molecule has 0 spiro atoms. The molecule has 4 rings (SSSR count). The van der Waals surface area contributed by atoms with Gasteiger partial charge in [0, 0.05) is 40.6 Å². The highest BCUT2D eigenvalue weighted by Gasteiger charge is 2.27. The van der Waals surface area contributed by atoms with Crippen LogP contribution in [-0.2, 0) is 32.0 Å². The van der Waals surface area contributed by atoms with Crippen LogP contribution >= 0.6 is 0 Å². The van der Waals surface area contributed by atoms with E-state index in [1.165, 1.54) is 0 Å². The summed E-state index contributed by atoms with van der Waals surface area (Å²) in [6.45, 7) is 2.89. The average molecular weight is 547 g/mol. The average Bonchev–Trinajstić information content (AvgIpc) is 3.53. The Morgan fingerprint density at radius 1 is 0.825 bits per heavy atom. The van der Waals surface area contributed by atoms with Crippen LogP contribution in [0.3, 0.4) is 0 Å². The van der Waals surface area contributed by atoms with Gasteiger partial charge in [-0.25, -0.2) is 4.79 Å². The van der Waals surface area contributed by atoms with Crippen molar-refractivity contribution in [1.29, 1.82) is 0 Å². The molecular formula is C29H34N6O5. The molecule has 40 heavy (non-hydrogen) atoms. The van der Waals surface area contributed by atoms with Gasteiger partial charge in [-0.05, 0) is 35.6 Å². The Hall–Kier alpha value is -4.64. The standard InChI is InChI=1S/C29H34N6O5/c1-16(2)26(29(39)40)35-25(36)15-33-28(38)24(12-18-14-32-23-10-6-4-8-20(18)23)34-27(37)21(30)11-17-13-31-22-9-5-3-7-19(17)22/h3-10,13-14,16,21,24,26,31-32H,11-12,15,30H2,1-2H3,(H,33,38)(H,34,37)(H,35,36)(H,39,40). The summed E-state index contributed by atoms with van der Waals surface area (Å²) in [6.07, 6.45) is 3.99. The molecule has 0 saturated heterocycles. The zero-order valence-corrected chi connectivity index (χ0v) is 22.4. The van der Waals surface area contributed by atoms with Crippen molar-refractivity contribution >= 4 is 45.5 Å². The fraction of sp³-hybridized carbons (Fsp3) is 0.310. The second-order valence-electron chi connectivity index (χ2n) is 10.1. The number of aliphatic carboxylic acids is 1. The topological polar surface area (TPSA) is 182 Å². The van der Waals surface area contributed by atoms with E-state index >= 15 is 0 Å². The number of aromatic amines is 2. The molecule has 8 N–H and O–H groups in total. The lowest BCUT2D eigenvalue weighted by atomic mass is 10.0. The Balaban J connectivity index is 1.46. The van der Waals surface area contributed by atoms with E-state index in [1.807, 2.05) is 54.7 Å². The summed E-state index contributed by atoms with van der Waals surface area (Å²) in [5.41, 5.74) is 9.76. The molecule has 0 aliphatic heterocycles. The first-order chi connectivity index (χ1) is 19.1. The van der Waals surface area contributed by atoms with Crippen LogP contribution in [0.15, 0.2) is 60.9 Å². The van der Waals surface area contributed by atoms with Crippen molar-refractivity contribution in [3.05, 3.63) is 72.1 Å². The van der Waals surface area contributed by atoms with Crippen LogP contribution in [0, 0.1) is 5.92 Å². The molecule has 0 aliphatic rings. The molecule has 11 nitrogen and oxygen atoms in total. The molecule has 4 aromatic rings. The number of carboxylic acids is 1. The maximum Gasteiger partial charge on any atom is 0.326 e. The Kier molecular flexibility index (Phi) is 8.85. The molecule has 210 valence electrons. The third-order valence-electron chi connectivity index (χ3n) is 6.86. The molecule has 0 bridgehead atoms. The number of H-pyrrole nitrogens is 2. The molecule has 0 aliphatic carbocycles. The number of fused-ring (bicyclic) bond motifs is 2. The first-order valence-electron chi connectivity index (χ1n) is 13.1. The van der Waals surface area contributed by atoms with E-state index in [-0.39, 0.29) is 18.8 Å². The van der Waals surface area contributed by atoms with Gasteiger partial charge in [-0.15, -0.1) is 0 Å². The lowest BCUT2D eigenvalue weighted by Gasteiger charge is -2.21. The van der Waals surface area contributed by atoms with Crippen LogP contribution < -0.4 is 21.7 Å². The zero-order valence-electron chi connectivity index (χ0n) is 22.4. The van der Waals surface area contributed by atoms with E-state index in [4.69, 9.17) is 5.73 Å². The normalized spacial score (nSPS) is 13.6. The van der Waals surface area contributed by atoms with Gasteiger partial charge in [0.25, 0.3) is 0 Å². The highest BCUT2D eigenvalue weighted by atomic mass is 16.4. The lowest BCUT2D eigenvalue weighted by molar-refractivity contribution is -0.143. The van der Waals surface area contributed by atoms with E-state index in [1.54, 1.807) is 20.0 Å². The van der Waals surface area contributed by atoms with Crippen LogP contribution in [-0.4, -0.2) is 63.4 Å². The quantitative estimate of drug-likeness (QED) is 0.142. The molecular weight excluding hydrogens is 512 g/mol. The number of nitrogens with one attached hydrogen (secondary N) is 5. The van der Waals surface area contributed by atoms with Crippen LogP contribution in [0.5, 0.6) is 0 Å². The fourth-order valence-electron chi connectivity index (χ4n) is 4.67. The first kappa shape index (κ1) is 28.4. The van der Waals surface area contributed by atoms with Crippen molar-refractivity contribution in [2.75, 3.05) is 6.54 Å². The van der Waals surface area contributed by atoms with Gasteiger partial charge in [-0.2, -0.15) is 0 Å². The zero-order chi connectivity index (χ0) is 28.8. The van der Waals surface area contributed by atoms with Gasteiger partial charge in [0.15, 0.2) is 0 Å². The van der Waals surface area contributed by atoms with Crippen molar-refractivity contribution < 1.29 is 24.3 Å². The van der Waals surface area contributed by atoms with Gasteiger partial charge < -0.3 is 36.8 Å². The highest BCUT2D eigenvalue weighted by molar-refractivity contribution is 5.94. The summed E-state index contributed by atoms with van der Waals surface area (Å²) in [5.74, 6) is -3.26. The number of carboxylic acid groups (broad SMARTS) is 1. The van der Waals surface area contributed by atoms with Gasteiger partial charge in [-0.1, -0.05) is 50.2 Å². The number of carbonyl (C=O) groups is 4. The number of para-hydroxylation sites is 2. The van der Waals surface area contributed by atoms with Gasteiger partial charge >= 0.3 is 5.97 Å². The number of rotatable bonds is 12. The second kappa shape index (κ2) is 12.5. The Labute approximate surface area is 230 Å². The predicted octanol–water partition coefficient (Wildman–Crippen LogP) is 1.59. The van der Waals surface area contributed by atoms with Crippen molar-refractivity contribution in [2.24, 2.45) is 11.7 Å². The van der Waals surface area contributed by atoms with Crippen LogP contribution in [0.2, 0.25) is 0 Å². The summed E-state index contributed by atoms with van der Waals surface area (Å²) >= 11 is 0. The van der Waals surface area contributed by atoms with Crippen LogP contribution in [0.1, 0.15) is 25.0 Å². The number of carbonyl (C=O) groups excluding carboxylic acids is 3. The van der Waals surface area contributed by atoms with E-state index in [0.29, 0.717) is 0 Å². The number of nitrogens with two attached hydrogens (primary N) is 1. The molecule has 0 radical (unpaired) electrons. The van der Waals surface area contributed by atoms with Crippen LogP contribution in [0.4, 0.5) is 0 Å². The maximum absolute atomic E-state index is 13.2. The number of aromatic nitrogens is 2. The molecule has 2 aromatic heterocycles. The largest absolute Gasteiger partial charge is 0.480 e. The fourth-order valence-corrected chi connectivity index (χ4v) is 4.67. The van der Waals surface area contributed by atoms with Crippen molar-refractivity contribution in [3.63, 3.8) is 0 Å². The Morgan fingerprint density at radius 3 is 1.93 bits per heavy atom. The first-order valence-corrected chi connectivity index (χ1v) is 13.1. The van der Waals surface area contributed by atoms with Gasteiger partial charge in [-0.3, -0.25) is 14.4 Å². The van der Waals surface area contributed by atoms with Gasteiger partial charge in [0.1, 0.15) is 12.1 Å². The van der Waals surface area contributed by atoms with Crippen LogP contribution in [0.25, 0.3) is 21.8 Å². The second-order valence-corrected chi connectivity index (χ2v) is 10.1. The number of benzene rings is 2. The van der Waals surface area contributed by atoms with Crippen molar-refractivity contribution in [2.45, 2.75) is 44.8 Å². The van der Waals surface area contributed by atoms with E-state index in [0.717, 1.165) is 32.9 Å². The lowest BCUT2D eigenvalue weighted by Crippen LogP contribution is -2.54. The smallest absolute Gasteiger partial charge is 0.326 e. The van der Waals surface area contributed by atoms with E-state index in [2.05, 4.69) is 25.9 Å². The summed E-state index contributed by atoms with van der Waals surface area (Å²) in [6, 6.07) is 12.2. The van der Waals surface area contributed by atoms with Gasteiger partial charge in [0.05, 0.1) is 12.6 Å². The number of hydrogen-bond acceptors (Lipinski definition) is 5. The minimum atomic E-state index is -1.16. The van der Waals surface area contributed by atoms with Crippen molar-refractivity contribution in [1.82, 2.24) is 25.9 Å². The molecule has 3 unspecified atom stereocenters. The minimum absolute atomic E-state index is 0.146. The summed E-state index contributed by atoms with van der Waals surface area (Å²) in [7, 11) is 0. The molecule has 3 atom stereocenters.